The Morgan fingerprint density at radius 1 is 1.13 bits per heavy atom. The van der Waals surface area contributed by atoms with Gasteiger partial charge in [-0.15, -0.1) is 5.73 Å². The normalized spacial score (nSPS) is 19.6. The van der Waals surface area contributed by atoms with Crippen molar-refractivity contribution in [3.05, 3.63) is 78.5 Å². The van der Waals surface area contributed by atoms with Gasteiger partial charge in [0, 0.05) is 5.57 Å². The van der Waals surface area contributed by atoms with Crippen LogP contribution in [0.15, 0.2) is 78.5 Å². The lowest BCUT2D eigenvalue weighted by Crippen LogP contribution is -2.66. The van der Waals surface area contributed by atoms with Gasteiger partial charge in [0.05, 0.1) is 13.2 Å². The number of hydrogen-bond acceptors (Lipinski definition) is 4. The topological polar surface area (TPSA) is 47.9 Å². The molecule has 4 nitrogen and oxygen atoms in total. The van der Waals surface area contributed by atoms with Crippen LogP contribution in [-0.4, -0.2) is 44.6 Å². The molecule has 0 aromatic heterocycles. The van der Waals surface area contributed by atoms with Gasteiger partial charge in [0.25, 0.3) is 8.32 Å². The van der Waals surface area contributed by atoms with Crippen LogP contribution in [0.4, 0.5) is 0 Å². The van der Waals surface area contributed by atoms with Gasteiger partial charge in [-0.2, -0.15) is 0 Å². The van der Waals surface area contributed by atoms with Gasteiger partial charge in [-0.3, -0.25) is 0 Å². The molecule has 1 heterocycles. The van der Waals surface area contributed by atoms with E-state index in [-0.39, 0.29) is 11.6 Å². The third-order valence-electron chi connectivity index (χ3n) is 5.83. The molecule has 2 atom stereocenters. The minimum absolute atomic E-state index is 0.151. The number of aliphatic hydroxyl groups excluding tert-OH is 1. The average molecular weight is 439 g/mol. The van der Waals surface area contributed by atoms with Crippen molar-refractivity contribution in [1.29, 1.82) is 0 Å². The molecule has 31 heavy (non-hydrogen) atoms. The highest BCUT2D eigenvalue weighted by atomic mass is 28.4. The van der Waals surface area contributed by atoms with Crippen LogP contribution in [0.1, 0.15) is 34.6 Å². The van der Waals surface area contributed by atoms with Crippen molar-refractivity contribution in [1.82, 2.24) is 0 Å². The Kier molecular flexibility index (Phi) is 7.07. The van der Waals surface area contributed by atoms with Crippen LogP contribution in [0, 0.1) is 0 Å². The van der Waals surface area contributed by atoms with E-state index >= 15 is 0 Å². The minimum Gasteiger partial charge on any atom is -0.403 e. The second-order valence-electron chi connectivity index (χ2n) is 9.47. The molecule has 0 radical (unpaired) electrons. The van der Waals surface area contributed by atoms with E-state index in [2.05, 4.69) is 81.6 Å². The monoisotopic (exact) mass is 438 g/mol. The molecule has 1 fully saturated rings. The lowest BCUT2D eigenvalue weighted by Gasteiger charge is -2.43. The number of ether oxygens (including phenoxy) is 2. The van der Waals surface area contributed by atoms with Crippen molar-refractivity contribution in [3.63, 3.8) is 0 Å². The van der Waals surface area contributed by atoms with Crippen molar-refractivity contribution in [2.45, 2.75) is 57.7 Å². The van der Waals surface area contributed by atoms with Gasteiger partial charge in [-0.25, -0.2) is 0 Å². The molecule has 5 heteroatoms. The Hall–Kier alpha value is -1.98. The van der Waals surface area contributed by atoms with E-state index in [1.54, 1.807) is 0 Å². The van der Waals surface area contributed by atoms with Gasteiger partial charge < -0.3 is 19.0 Å². The van der Waals surface area contributed by atoms with Gasteiger partial charge in [0.1, 0.15) is 12.2 Å². The maximum Gasteiger partial charge on any atom is 0.261 e. The zero-order chi connectivity index (χ0) is 22.7. The summed E-state index contributed by atoms with van der Waals surface area (Å²) in [5, 5.41) is 13.2. The fraction of sp³-hybridized carbons (Fsp3) is 0.423. The first-order valence-electron chi connectivity index (χ1n) is 10.7. The fourth-order valence-corrected chi connectivity index (χ4v) is 8.81. The Balaban J connectivity index is 1.97. The highest BCUT2D eigenvalue weighted by Gasteiger charge is 2.50. The summed E-state index contributed by atoms with van der Waals surface area (Å²) in [5.74, 6) is -0.712. The molecule has 3 rings (SSSR count). The zero-order valence-electron chi connectivity index (χ0n) is 19.2. The largest absolute Gasteiger partial charge is 0.403 e. The summed E-state index contributed by atoms with van der Waals surface area (Å²) in [6.07, 6.45) is -1.36. The zero-order valence-corrected chi connectivity index (χ0v) is 20.2. The van der Waals surface area contributed by atoms with Crippen LogP contribution < -0.4 is 10.4 Å². The summed E-state index contributed by atoms with van der Waals surface area (Å²) in [6, 6.07) is 20.9. The molecule has 0 aliphatic carbocycles. The van der Waals surface area contributed by atoms with Crippen LogP contribution in [0.25, 0.3) is 0 Å². The van der Waals surface area contributed by atoms with Crippen LogP contribution >= 0.6 is 0 Å². The average Bonchev–Trinajstić information content (AvgIpc) is 3.11. The number of benzene rings is 2. The molecule has 0 amide bonds. The van der Waals surface area contributed by atoms with Gasteiger partial charge >= 0.3 is 0 Å². The van der Waals surface area contributed by atoms with Crippen LogP contribution in [0.2, 0.25) is 5.04 Å². The summed E-state index contributed by atoms with van der Waals surface area (Å²) in [5.41, 5.74) is 3.49. The van der Waals surface area contributed by atoms with E-state index in [1.165, 1.54) is 10.4 Å². The van der Waals surface area contributed by atoms with Gasteiger partial charge in [0.15, 0.2) is 5.79 Å². The standard InChI is InChI=1S/C26H34O4Si/c1-7-20(24(27)23-19-28-26(5,6)30-23)18-29-31(25(2,3)4,21-14-10-8-11-15-21)22-16-12-9-13-17-22/h8-17,23-24,27H,1,18-19H2,2-6H3/t23-,24+/m1/s1. The molecular formula is C26H34O4Si. The smallest absolute Gasteiger partial charge is 0.261 e. The Morgan fingerprint density at radius 3 is 2.03 bits per heavy atom. The van der Waals surface area contributed by atoms with Crippen molar-refractivity contribution in [2.75, 3.05) is 13.2 Å². The highest BCUT2D eigenvalue weighted by Crippen LogP contribution is 2.37. The first-order valence-corrected chi connectivity index (χ1v) is 12.7. The second kappa shape index (κ2) is 9.25. The van der Waals surface area contributed by atoms with Crippen molar-refractivity contribution in [2.24, 2.45) is 0 Å². The minimum atomic E-state index is -2.71. The molecule has 0 spiro atoms. The molecular weight excluding hydrogens is 404 g/mol. The maximum atomic E-state index is 11.0. The molecule has 1 saturated heterocycles. The molecule has 1 N–H and O–H groups in total. The van der Waals surface area contributed by atoms with E-state index in [1.807, 2.05) is 26.0 Å². The highest BCUT2D eigenvalue weighted by molar-refractivity contribution is 6.99. The van der Waals surface area contributed by atoms with Crippen LogP contribution in [0.3, 0.4) is 0 Å². The summed E-state index contributed by atoms with van der Waals surface area (Å²) in [6.45, 7) is 14.7. The van der Waals surface area contributed by atoms with E-state index < -0.39 is 26.3 Å². The lowest BCUT2D eigenvalue weighted by molar-refractivity contribution is -0.148. The third-order valence-corrected chi connectivity index (χ3v) is 10.8. The van der Waals surface area contributed by atoms with E-state index in [4.69, 9.17) is 13.9 Å². The first kappa shape index (κ1) is 23.7. The Morgan fingerprint density at radius 2 is 1.65 bits per heavy atom. The molecule has 0 bridgehead atoms. The Bertz CT molecular complexity index is 872. The van der Waals surface area contributed by atoms with Crippen LogP contribution in [-0.2, 0) is 13.9 Å². The second-order valence-corrected chi connectivity index (χ2v) is 13.8. The molecule has 0 unspecified atom stereocenters. The fourth-order valence-electron chi connectivity index (χ4n) is 4.28. The quantitative estimate of drug-likeness (QED) is 0.528. The lowest BCUT2D eigenvalue weighted by atomic mass is 10.1. The summed E-state index contributed by atoms with van der Waals surface area (Å²) < 4.78 is 18.4. The van der Waals surface area contributed by atoms with Crippen molar-refractivity contribution >= 4 is 18.7 Å². The molecule has 1 aliphatic rings. The van der Waals surface area contributed by atoms with Gasteiger partial charge in [0.2, 0.25) is 0 Å². The molecule has 2 aromatic carbocycles. The molecule has 166 valence electrons. The SMILES string of the molecule is C=C=C(CO[Si](c1ccccc1)(c1ccccc1)C(C)(C)C)[C@H](O)[C@H]1COC(C)(C)O1. The van der Waals surface area contributed by atoms with Crippen LogP contribution in [0.5, 0.6) is 0 Å². The van der Waals surface area contributed by atoms with Gasteiger partial charge in [-0.1, -0.05) is 88.0 Å². The van der Waals surface area contributed by atoms with Crippen molar-refractivity contribution in [3.8, 4) is 0 Å². The summed E-state index contributed by atoms with van der Waals surface area (Å²) in [4.78, 5) is 0. The maximum absolute atomic E-state index is 11.0. The molecule has 1 aliphatic heterocycles. The summed E-state index contributed by atoms with van der Waals surface area (Å²) in [7, 11) is -2.71. The predicted molar refractivity (Wildman–Crippen MR) is 127 cm³/mol. The van der Waals surface area contributed by atoms with Gasteiger partial charge in [-0.05, 0) is 29.3 Å². The molecule has 0 saturated carbocycles. The molecule has 2 aromatic rings. The van der Waals surface area contributed by atoms with E-state index in [0.717, 1.165) is 0 Å². The van der Waals surface area contributed by atoms with E-state index in [0.29, 0.717) is 12.2 Å². The first-order chi connectivity index (χ1) is 14.6. The number of aliphatic hydroxyl groups is 1. The predicted octanol–water partition coefficient (Wildman–Crippen LogP) is 3.79. The number of rotatable bonds is 7. The van der Waals surface area contributed by atoms with Crippen molar-refractivity contribution < 1.29 is 19.0 Å². The third kappa shape index (κ3) is 4.93. The number of hydrogen-bond donors (Lipinski definition) is 1. The summed E-state index contributed by atoms with van der Waals surface area (Å²) >= 11 is 0. The van der Waals surface area contributed by atoms with E-state index in [9.17, 15) is 5.11 Å². The Labute approximate surface area is 187 Å².